The largest absolute Gasteiger partial charge is 0.494 e. The van der Waals surface area contributed by atoms with Crippen molar-refractivity contribution in [3.8, 4) is 11.5 Å². The van der Waals surface area contributed by atoms with Gasteiger partial charge in [-0.1, -0.05) is 64.7 Å². The summed E-state index contributed by atoms with van der Waals surface area (Å²) in [5, 5.41) is 6.44. The summed E-state index contributed by atoms with van der Waals surface area (Å²) in [6.07, 6.45) is 12.8. The summed E-state index contributed by atoms with van der Waals surface area (Å²) >= 11 is 0. The number of ether oxygens (including phenoxy) is 2. The molecule has 0 spiro atoms. The van der Waals surface area contributed by atoms with Crippen molar-refractivity contribution in [2.75, 3.05) is 40.7 Å². The fourth-order valence-electron chi connectivity index (χ4n) is 5.50. The number of nitrogens with one attached hydrogen (secondary N) is 2. The van der Waals surface area contributed by atoms with Gasteiger partial charge < -0.3 is 36.5 Å². The molecule has 0 saturated heterocycles. The lowest BCUT2D eigenvalue weighted by molar-refractivity contribution is 0.0734. The van der Waals surface area contributed by atoms with Crippen molar-refractivity contribution in [1.82, 2.24) is 15.0 Å². The van der Waals surface area contributed by atoms with Gasteiger partial charge in [0.1, 0.15) is 11.5 Å². The van der Waals surface area contributed by atoms with Crippen LogP contribution in [0.5, 0.6) is 11.5 Å². The Labute approximate surface area is 306 Å². The molecule has 52 heavy (non-hydrogen) atoms. The van der Waals surface area contributed by atoms with Crippen LogP contribution < -0.4 is 36.5 Å². The molecule has 11 nitrogen and oxygen atoms in total. The molecule has 0 saturated carbocycles. The number of carbonyl (C=O) groups excluding carboxylic acids is 1. The van der Waals surface area contributed by atoms with Crippen LogP contribution in [0.4, 0.5) is 46.3 Å². The maximum absolute atomic E-state index is 12.9. The number of hydrogen-bond donors (Lipinski definition) is 4. The molecule has 0 radical (unpaired) electrons. The molecule has 0 aliphatic rings. The van der Waals surface area contributed by atoms with Crippen molar-refractivity contribution in [1.29, 1.82) is 0 Å². The third-order valence-corrected chi connectivity index (χ3v) is 8.55. The maximum atomic E-state index is 12.9. The second-order valence-electron chi connectivity index (χ2n) is 12.8. The van der Waals surface area contributed by atoms with Gasteiger partial charge in [0, 0.05) is 35.5 Å². The molecule has 272 valence electrons. The average Bonchev–Trinajstić information content (AvgIpc) is 3.16. The molecule has 4 aromatic carbocycles. The highest BCUT2D eigenvalue weighted by molar-refractivity contribution is 5.91. The van der Waals surface area contributed by atoms with Crippen molar-refractivity contribution in [2.45, 2.75) is 71.1 Å². The smallest absolute Gasteiger partial charge is 0.343 e. The molecule has 1 heterocycles. The van der Waals surface area contributed by atoms with Crippen LogP contribution in [-0.4, -0.2) is 34.6 Å². The molecule has 0 aliphatic carbocycles. The van der Waals surface area contributed by atoms with Crippen molar-refractivity contribution in [3.63, 3.8) is 0 Å². The van der Waals surface area contributed by atoms with Crippen LogP contribution in [0, 0.1) is 0 Å². The Hall–Kier alpha value is -5.84. The quantitative estimate of drug-likeness (QED) is 0.0265. The summed E-state index contributed by atoms with van der Waals surface area (Å²) in [6, 6.07) is 28.8. The number of aromatic nitrogens is 3. The highest BCUT2D eigenvalue weighted by Gasteiger charge is 2.15. The first-order valence-electron chi connectivity index (χ1n) is 18.2. The van der Waals surface area contributed by atoms with E-state index in [4.69, 9.17) is 20.9 Å². The van der Waals surface area contributed by atoms with Gasteiger partial charge >= 0.3 is 5.97 Å². The predicted octanol–water partition coefficient (Wildman–Crippen LogP) is 9.81. The molecule has 0 atom stereocenters. The number of anilines is 8. The topological polar surface area (TPSA) is 154 Å². The minimum absolute atomic E-state index is 0.334. The Morgan fingerprint density at radius 2 is 1.10 bits per heavy atom. The predicted molar refractivity (Wildman–Crippen MR) is 211 cm³/mol. The van der Waals surface area contributed by atoms with Crippen LogP contribution in [0.15, 0.2) is 97.1 Å². The van der Waals surface area contributed by atoms with E-state index in [1.807, 2.05) is 60.5 Å². The van der Waals surface area contributed by atoms with Crippen LogP contribution in [0.1, 0.15) is 81.5 Å². The molecule has 11 heteroatoms. The lowest BCUT2D eigenvalue weighted by Gasteiger charge is -2.19. The highest BCUT2D eigenvalue weighted by atomic mass is 16.5. The summed E-state index contributed by atoms with van der Waals surface area (Å²) in [7, 11) is 1.84. The first-order chi connectivity index (χ1) is 25.4. The molecule has 0 aliphatic heterocycles. The third-order valence-electron chi connectivity index (χ3n) is 8.55. The second-order valence-corrected chi connectivity index (χ2v) is 12.8. The maximum Gasteiger partial charge on any atom is 0.343 e. The van der Waals surface area contributed by atoms with Gasteiger partial charge in [0.05, 0.1) is 12.2 Å². The number of hydrogen-bond acceptors (Lipinski definition) is 11. The standard InChI is InChI=1S/C41H50N8O3/c1-3-4-5-6-7-8-9-10-11-12-29-51-36-25-13-30(14-26-36)38(50)52-37-27-23-35(24-28-37)49(2)41-47-39(44-33-19-15-31(42)16-20-33)46-40(48-41)45-34-21-17-32(43)18-22-34/h13-28H,3-12,29,42-43H2,1-2H3,(H2,44,45,46,47,48). The lowest BCUT2D eigenvalue weighted by Crippen LogP contribution is -2.16. The molecule has 5 rings (SSSR count). The number of nitrogens with two attached hydrogens (primary N) is 2. The fourth-order valence-corrected chi connectivity index (χ4v) is 5.50. The van der Waals surface area contributed by atoms with E-state index in [1.54, 1.807) is 48.5 Å². The van der Waals surface area contributed by atoms with E-state index in [-0.39, 0.29) is 0 Å². The molecule has 0 unspecified atom stereocenters. The molecule has 6 N–H and O–H groups in total. The Morgan fingerprint density at radius 1 is 0.615 bits per heavy atom. The van der Waals surface area contributed by atoms with Crippen molar-refractivity contribution in [3.05, 3.63) is 103 Å². The van der Waals surface area contributed by atoms with Gasteiger partial charge in [-0.3, -0.25) is 0 Å². The summed E-state index contributed by atoms with van der Waals surface area (Å²) in [5.74, 6) is 1.76. The lowest BCUT2D eigenvalue weighted by atomic mass is 10.1. The van der Waals surface area contributed by atoms with E-state index in [0.717, 1.165) is 29.2 Å². The van der Waals surface area contributed by atoms with E-state index in [0.29, 0.717) is 47.1 Å². The third kappa shape index (κ3) is 11.9. The molecule has 0 amide bonds. The number of benzene rings is 4. The zero-order valence-corrected chi connectivity index (χ0v) is 30.2. The Balaban J connectivity index is 1.14. The number of unbranched alkanes of at least 4 members (excludes halogenated alkanes) is 9. The fraction of sp³-hybridized carbons (Fsp3) is 0.317. The number of nitrogen functional groups attached to an aromatic ring is 2. The summed E-state index contributed by atoms with van der Waals surface area (Å²) in [6.45, 7) is 2.93. The minimum Gasteiger partial charge on any atom is -0.494 e. The highest BCUT2D eigenvalue weighted by Crippen LogP contribution is 2.27. The molecular weight excluding hydrogens is 653 g/mol. The van der Waals surface area contributed by atoms with Gasteiger partial charge in [-0.05, 0) is 103 Å². The van der Waals surface area contributed by atoms with Crippen LogP contribution in [0.3, 0.4) is 0 Å². The number of esters is 1. The summed E-state index contributed by atoms with van der Waals surface area (Å²) in [5.41, 5.74) is 15.8. The van der Waals surface area contributed by atoms with Crippen LogP contribution in [0.2, 0.25) is 0 Å². The molecule has 1 aromatic heterocycles. The normalized spacial score (nSPS) is 10.8. The van der Waals surface area contributed by atoms with Crippen LogP contribution >= 0.6 is 0 Å². The van der Waals surface area contributed by atoms with Gasteiger partial charge in [-0.15, -0.1) is 0 Å². The van der Waals surface area contributed by atoms with Crippen molar-refractivity contribution < 1.29 is 14.3 Å². The van der Waals surface area contributed by atoms with Gasteiger partial charge in [0.25, 0.3) is 0 Å². The summed E-state index contributed by atoms with van der Waals surface area (Å²) < 4.78 is 11.6. The number of rotatable bonds is 20. The zero-order chi connectivity index (χ0) is 36.5. The summed E-state index contributed by atoms with van der Waals surface area (Å²) in [4.78, 5) is 28.6. The van der Waals surface area contributed by atoms with Gasteiger partial charge in [0.15, 0.2) is 0 Å². The molecule has 0 fully saturated rings. The average molecular weight is 703 g/mol. The van der Waals surface area contributed by atoms with E-state index < -0.39 is 5.97 Å². The molecule has 0 bridgehead atoms. The van der Waals surface area contributed by atoms with Crippen molar-refractivity contribution in [2.24, 2.45) is 0 Å². The van der Waals surface area contributed by atoms with E-state index in [1.165, 1.54) is 57.8 Å². The molecular formula is C41H50N8O3. The monoisotopic (exact) mass is 702 g/mol. The first kappa shape index (κ1) is 37.4. The van der Waals surface area contributed by atoms with Crippen LogP contribution in [0.25, 0.3) is 0 Å². The Morgan fingerprint density at radius 3 is 1.62 bits per heavy atom. The number of carbonyl (C=O) groups is 1. The van der Waals surface area contributed by atoms with E-state index in [9.17, 15) is 4.79 Å². The second kappa shape index (κ2) is 19.5. The van der Waals surface area contributed by atoms with E-state index >= 15 is 0 Å². The van der Waals surface area contributed by atoms with Gasteiger partial charge in [-0.25, -0.2) is 4.79 Å². The van der Waals surface area contributed by atoms with Crippen LogP contribution in [-0.2, 0) is 0 Å². The van der Waals surface area contributed by atoms with Gasteiger partial charge in [-0.2, -0.15) is 15.0 Å². The van der Waals surface area contributed by atoms with Crippen molar-refractivity contribution >= 4 is 52.3 Å². The molecule has 5 aromatic rings. The number of nitrogens with zero attached hydrogens (tertiary/aromatic N) is 4. The zero-order valence-electron chi connectivity index (χ0n) is 30.2. The SMILES string of the molecule is CCCCCCCCCCCCOc1ccc(C(=O)Oc2ccc(N(C)c3nc(Nc4ccc(N)cc4)nc(Nc4ccc(N)cc4)n3)cc2)cc1. The Kier molecular flexibility index (Phi) is 14.0. The van der Waals surface area contributed by atoms with E-state index in [2.05, 4.69) is 32.5 Å². The first-order valence-corrected chi connectivity index (χ1v) is 18.2. The van der Waals surface area contributed by atoms with Gasteiger partial charge in [0.2, 0.25) is 17.8 Å². The Bertz CT molecular complexity index is 1750. The minimum atomic E-state index is -0.448.